The Labute approximate surface area is 120 Å². The summed E-state index contributed by atoms with van der Waals surface area (Å²) in [5.74, 6) is 6.20. The number of unbranched alkanes of at least 4 members (excludes halogenated alkanes) is 1. The Morgan fingerprint density at radius 2 is 2.26 bits per heavy atom. The average Bonchev–Trinajstić information content (AvgIpc) is 2.43. The topological polar surface area (TPSA) is 38.0 Å². The van der Waals surface area contributed by atoms with E-state index in [-0.39, 0.29) is 0 Å². The Bertz CT molecular complexity index is 452. The van der Waals surface area contributed by atoms with Gasteiger partial charge in [0, 0.05) is 23.6 Å². The maximum Gasteiger partial charge on any atom is 0.0418 e. The zero-order chi connectivity index (χ0) is 14.1. The second-order valence-electron chi connectivity index (χ2n) is 4.08. The molecule has 2 nitrogen and oxygen atoms in total. The van der Waals surface area contributed by atoms with Crippen molar-refractivity contribution < 1.29 is 4.48 Å². The van der Waals surface area contributed by atoms with Crippen LogP contribution in [-0.2, 0) is 6.54 Å². The molecule has 0 aliphatic rings. The minimum Gasteiger partial charge on any atom is -0.326 e. The summed E-state index contributed by atoms with van der Waals surface area (Å²) in [5, 5.41) is 2.53. The highest BCUT2D eigenvalue weighted by atomic mass is 35.5. The number of rotatable bonds is 6. The van der Waals surface area contributed by atoms with Crippen LogP contribution in [-0.4, -0.2) is 12.3 Å². The molecule has 0 amide bonds. The molecule has 0 radical (unpaired) electrons. The molecule has 1 aromatic carbocycles. The van der Waals surface area contributed by atoms with E-state index < -0.39 is 8.07 Å². The standard InChI is InChI=1S/C14H19ClFN2P/c1-2-19(18-16)9-5-3-4-6-12-10-14(15)8-7-13(12)11-17/h7-8,10,18H,2-3,5,9,11,17H2,1H3. The van der Waals surface area contributed by atoms with Crippen LogP contribution in [0.2, 0.25) is 5.02 Å². The third kappa shape index (κ3) is 5.89. The maximum absolute atomic E-state index is 12.3. The van der Waals surface area contributed by atoms with E-state index in [1.54, 1.807) is 0 Å². The van der Waals surface area contributed by atoms with Gasteiger partial charge in [0.1, 0.15) is 0 Å². The Hall–Kier alpha value is -0.650. The molecule has 0 heterocycles. The van der Waals surface area contributed by atoms with Crippen LogP contribution in [0.4, 0.5) is 4.48 Å². The van der Waals surface area contributed by atoms with Crippen molar-refractivity contribution in [3.8, 4) is 11.8 Å². The van der Waals surface area contributed by atoms with Crippen LogP contribution in [0.25, 0.3) is 0 Å². The van der Waals surface area contributed by atoms with E-state index >= 15 is 0 Å². The maximum atomic E-state index is 12.3. The van der Waals surface area contributed by atoms with Gasteiger partial charge in [0.25, 0.3) is 0 Å². The van der Waals surface area contributed by atoms with Crippen LogP contribution >= 0.6 is 19.7 Å². The first-order valence-corrected chi connectivity index (χ1v) is 8.38. The highest BCUT2D eigenvalue weighted by molar-refractivity contribution is 7.55. The summed E-state index contributed by atoms with van der Waals surface area (Å²) >= 11 is 5.94. The summed E-state index contributed by atoms with van der Waals surface area (Å²) in [5.41, 5.74) is 7.53. The first kappa shape index (κ1) is 16.4. The molecule has 0 aliphatic heterocycles. The fourth-order valence-corrected chi connectivity index (χ4v) is 2.85. The lowest BCUT2D eigenvalue weighted by Gasteiger charge is -2.08. The minimum absolute atomic E-state index is 0.452. The quantitative estimate of drug-likeness (QED) is 0.363. The second-order valence-corrected chi connectivity index (χ2v) is 6.84. The highest BCUT2D eigenvalue weighted by Gasteiger charge is 2.02. The van der Waals surface area contributed by atoms with E-state index in [0.717, 1.165) is 36.3 Å². The smallest absolute Gasteiger partial charge is 0.0418 e. The number of hydrogen-bond donors (Lipinski definition) is 2. The van der Waals surface area contributed by atoms with E-state index in [1.807, 2.05) is 30.4 Å². The summed E-state index contributed by atoms with van der Waals surface area (Å²) in [4.78, 5) is 0. The lowest BCUT2D eigenvalue weighted by molar-refractivity contribution is 0.454. The second kappa shape index (κ2) is 9.28. The van der Waals surface area contributed by atoms with Crippen LogP contribution in [0.1, 0.15) is 30.9 Å². The van der Waals surface area contributed by atoms with Crippen LogP contribution in [0.5, 0.6) is 0 Å². The molecule has 0 saturated heterocycles. The van der Waals surface area contributed by atoms with E-state index in [2.05, 4.69) is 11.8 Å². The molecule has 1 unspecified atom stereocenters. The Morgan fingerprint density at radius 1 is 1.47 bits per heavy atom. The molecule has 19 heavy (non-hydrogen) atoms. The molecule has 0 spiro atoms. The molecule has 3 N–H and O–H groups in total. The number of hydrogen-bond acceptors (Lipinski definition) is 2. The van der Waals surface area contributed by atoms with Crippen molar-refractivity contribution in [3.05, 3.63) is 34.3 Å². The first-order chi connectivity index (χ1) is 9.21. The van der Waals surface area contributed by atoms with Gasteiger partial charge in [0.2, 0.25) is 0 Å². The predicted molar refractivity (Wildman–Crippen MR) is 82.0 cm³/mol. The molecule has 0 fully saturated rings. The van der Waals surface area contributed by atoms with Gasteiger partial charge >= 0.3 is 0 Å². The predicted octanol–water partition coefficient (Wildman–Crippen LogP) is 3.82. The van der Waals surface area contributed by atoms with E-state index in [9.17, 15) is 4.48 Å². The van der Waals surface area contributed by atoms with Gasteiger partial charge in [-0.05, 0) is 44.5 Å². The Kier molecular flexibility index (Phi) is 8.02. The summed E-state index contributed by atoms with van der Waals surface area (Å²) in [6, 6.07) is 5.55. The van der Waals surface area contributed by atoms with Crippen LogP contribution < -0.4 is 11.0 Å². The van der Waals surface area contributed by atoms with Crippen molar-refractivity contribution in [1.29, 1.82) is 0 Å². The SMILES string of the molecule is CCP(CCCC#Cc1cc(Cl)ccc1CN)NF. The zero-order valence-corrected chi connectivity index (χ0v) is 12.7. The third-order valence-corrected chi connectivity index (χ3v) is 4.84. The molecule has 0 bridgehead atoms. The molecule has 5 heteroatoms. The summed E-state index contributed by atoms with van der Waals surface area (Å²) in [6.07, 6.45) is 3.38. The normalized spacial score (nSPS) is 11.8. The summed E-state index contributed by atoms with van der Waals surface area (Å²) in [6.45, 7) is 2.44. The molecular weight excluding hydrogens is 282 g/mol. The molecule has 0 aromatic heterocycles. The van der Waals surface area contributed by atoms with Crippen LogP contribution in [0.3, 0.4) is 0 Å². The molecule has 1 atom stereocenters. The minimum atomic E-state index is -0.667. The van der Waals surface area contributed by atoms with Gasteiger partial charge in [-0.3, -0.25) is 0 Å². The molecule has 1 rings (SSSR count). The molecule has 0 aliphatic carbocycles. The van der Waals surface area contributed by atoms with Gasteiger partial charge in [-0.1, -0.05) is 36.4 Å². The van der Waals surface area contributed by atoms with E-state index in [4.69, 9.17) is 17.3 Å². The van der Waals surface area contributed by atoms with Crippen molar-refractivity contribution in [1.82, 2.24) is 5.31 Å². The van der Waals surface area contributed by atoms with Gasteiger partial charge in [-0.2, -0.15) is 0 Å². The Balaban J connectivity index is 2.52. The van der Waals surface area contributed by atoms with Crippen LogP contribution in [0, 0.1) is 11.8 Å². The van der Waals surface area contributed by atoms with Crippen molar-refractivity contribution in [2.75, 3.05) is 12.3 Å². The molecule has 0 saturated carbocycles. The number of benzene rings is 1. The van der Waals surface area contributed by atoms with Crippen LogP contribution in [0.15, 0.2) is 18.2 Å². The summed E-state index contributed by atoms with van der Waals surface area (Å²) < 4.78 is 12.3. The fraction of sp³-hybridized carbons (Fsp3) is 0.429. The Morgan fingerprint density at radius 3 is 2.89 bits per heavy atom. The monoisotopic (exact) mass is 300 g/mol. The molecule has 104 valence electrons. The van der Waals surface area contributed by atoms with Crippen molar-refractivity contribution in [2.45, 2.75) is 26.3 Å². The van der Waals surface area contributed by atoms with Crippen molar-refractivity contribution >= 4 is 19.7 Å². The van der Waals surface area contributed by atoms with Crippen molar-refractivity contribution in [2.24, 2.45) is 5.73 Å². The van der Waals surface area contributed by atoms with Gasteiger partial charge in [0.15, 0.2) is 0 Å². The third-order valence-electron chi connectivity index (χ3n) is 2.75. The number of halogens is 2. The number of nitrogens with one attached hydrogen (secondary N) is 1. The highest BCUT2D eigenvalue weighted by Crippen LogP contribution is 2.30. The van der Waals surface area contributed by atoms with Gasteiger partial charge in [-0.25, -0.2) is 0 Å². The van der Waals surface area contributed by atoms with Crippen molar-refractivity contribution in [3.63, 3.8) is 0 Å². The molecule has 1 aromatic rings. The van der Waals surface area contributed by atoms with Gasteiger partial charge in [-0.15, -0.1) is 9.79 Å². The summed E-state index contributed by atoms with van der Waals surface area (Å²) in [7, 11) is -0.667. The van der Waals surface area contributed by atoms with Gasteiger partial charge in [0.05, 0.1) is 0 Å². The lowest BCUT2D eigenvalue weighted by Crippen LogP contribution is -1.99. The molecular formula is C14H19ClFN2P. The van der Waals surface area contributed by atoms with Gasteiger partial charge < -0.3 is 5.73 Å². The first-order valence-electron chi connectivity index (χ1n) is 6.29. The average molecular weight is 301 g/mol. The van der Waals surface area contributed by atoms with E-state index in [0.29, 0.717) is 11.6 Å². The fourth-order valence-electron chi connectivity index (χ4n) is 1.62. The zero-order valence-electron chi connectivity index (χ0n) is 11.0. The number of nitrogens with two attached hydrogens (primary N) is 1. The largest absolute Gasteiger partial charge is 0.326 e. The van der Waals surface area contributed by atoms with E-state index in [1.165, 1.54) is 0 Å². The lowest BCUT2D eigenvalue weighted by atomic mass is 10.1.